The molecule has 7 heteroatoms. The molecule has 2 heterocycles. The molecule has 1 amide bonds. The molecule has 6 nitrogen and oxygen atoms in total. The van der Waals surface area contributed by atoms with Gasteiger partial charge in [0.05, 0.1) is 17.3 Å². The third-order valence-corrected chi connectivity index (χ3v) is 5.90. The second kappa shape index (κ2) is 7.54. The van der Waals surface area contributed by atoms with E-state index in [1.165, 1.54) is 4.70 Å². The molecule has 2 N–H and O–H groups in total. The average molecular weight is 384 g/mol. The number of carbonyl (C=O) groups excluding carboxylic acids is 1. The fourth-order valence-corrected chi connectivity index (χ4v) is 4.13. The highest BCUT2D eigenvalue weighted by Gasteiger charge is 2.22. The van der Waals surface area contributed by atoms with Gasteiger partial charge in [0.15, 0.2) is 23.1 Å². The van der Waals surface area contributed by atoms with E-state index in [4.69, 9.17) is 14.5 Å². The summed E-state index contributed by atoms with van der Waals surface area (Å²) in [7, 11) is 2.01. The lowest BCUT2D eigenvalue weighted by molar-refractivity contribution is -0.902. The Kier molecular flexibility index (Phi) is 4.96. The van der Waals surface area contributed by atoms with Crippen molar-refractivity contribution in [3.63, 3.8) is 0 Å². The Morgan fingerprint density at radius 1 is 1.22 bits per heavy atom. The summed E-state index contributed by atoms with van der Waals surface area (Å²) in [5.41, 5.74) is 1.72. The summed E-state index contributed by atoms with van der Waals surface area (Å²) < 4.78 is 12.2. The lowest BCUT2D eigenvalue weighted by Crippen LogP contribution is -3.10. The van der Waals surface area contributed by atoms with E-state index in [1.54, 1.807) is 17.4 Å². The van der Waals surface area contributed by atoms with Gasteiger partial charge in [-0.2, -0.15) is 0 Å². The number of ether oxygens (including phenoxy) is 2. The number of nitrogens with one attached hydrogen (secondary N) is 2. The van der Waals surface area contributed by atoms with Gasteiger partial charge in [0.1, 0.15) is 19.3 Å². The standard InChI is InChI=1S/C20H21N3O3S/c1-13(20-22-15-5-3-4-6-18(15)27-20)23(2)12-19(24)21-14-7-8-16-17(11-14)26-10-9-25-16/h3-8,11,13H,9-10,12H2,1-2H3,(H,21,24)/p+1/t13-/m1/s1. The van der Waals surface area contributed by atoms with Crippen LogP contribution in [0, 0.1) is 0 Å². The molecule has 0 saturated carbocycles. The van der Waals surface area contributed by atoms with Crippen LogP contribution in [0.1, 0.15) is 18.0 Å². The van der Waals surface area contributed by atoms with Crippen molar-refractivity contribution in [2.75, 3.05) is 32.1 Å². The zero-order valence-electron chi connectivity index (χ0n) is 15.3. The quantitative estimate of drug-likeness (QED) is 0.708. The Morgan fingerprint density at radius 2 is 2.00 bits per heavy atom. The van der Waals surface area contributed by atoms with Gasteiger partial charge >= 0.3 is 0 Å². The predicted octanol–water partition coefficient (Wildman–Crippen LogP) is 2.28. The zero-order valence-corrected chi connectivity index (χ0v) is 16.1. The van der Waals surface area contributed by atoms with Crippen LogP contribution in [0.4, 0.5) is 5.69 Å². The number of hydrogen-bond donors (Lipinski definition) is 2. The van der Waals surface area contributed by atoms with Crippen LogP contribution >= 0.6 is 11.3 Å². The molecule has 0 aliphatic carbocycles. The number of carbonyl (C=O) groups is 1. The van der Waals surface area contributed by atoms with E-state index in [-0.39, 0.29) is 11.9 Å². The molecule has 4 rings (SSSR count). The van der Waals surface area contributed by atoms with Crippen LogP contribution in [-0.4, -0.2) is 37.7 Å². The number of para-hydroxylation sites is 1. The van der Waals surface area contributed by atoms with Gasteiger partial charge in [-0.05, 0) is 31.2 Å². The van der Waals surface area contributed by atoms with Crippen LogP contribution in [-0.2, 0) is 4.79 Å². The molecule has 0 radical (unpaired) electrons. The minimum atomic E-state index is -0.0443. The summed E-state index contributed by atoms with van der Waals surface area (Å²) in [5.74, 6) is 1.34. The van der Waals surface area contributed by atoms with Crippen LogP contribution in [0.5, 0.6) is 11.5 Å². The number of rotatable bonds is 5. The number of fused-ring (bicyclic) bond motifs is 2. The Morgan fingerprint density at radius 3 is 2.81 bits per heavy atom. The van der Waals surface area contributed by atoms with Crippen molar-refractivity contribution in [2.45, 2.75) is 13.0 Å². The topological polar surface area (TPSA) is 64.9 Å². The van der Waals surface area contributed by atoms with Gasteiger partial charge in [0.2, 0.25) is 0 Å². The summed E-state index contributed by atoms with van der Waals surface area (Å²) >= 11 is 1.69. The van der Waals surface area contributed by atoms with Gasteiger partial charge in [0.25, 0.3) is 5.91 Å². The maximum atomic E-state index is 12.5. The second-order valence-electron chi connectivity index (χ2n) is 6.67. The highest BCUT2D eigenvalue weighted by Crippen LogP contribution is 2.32. The van der Waals surface area contributed by atoms with E-state index in [2.05, 4.69) is 18.3 Å². The molecule has 2 aromatic carbocycles. The molecule has 0 fully saturated rings. The summed E-state index contributed by atoms with van der Waals surface area (Å²) in [6.45, 7) is 3.53. The van der Waals surface area contributed by atoms with E-state index in [9.17, 15) is 4.79 Å². The van der Waals surface area contributed by atoms with Crippen molar-refractivity contribution in [2.24, 2.45) is 0 Å². The second-order valence-corrected chi connectivity index (χ2v) is 7.73. The van der Waals surface area contributed by atoms with Crippen molar-refractivity contribution in [3.8, 4) is 11.5 Å². The third-order valence-electron chi connectivity index (χ3n) is 4.69. The molecule has 1 aromatic heterocycles. The maximum Gasteiger partial charge on any atom is 0.279 e. The fraction of sp³-hybridized carbons (Fsp3) is 0.300. The minimum Gasteiger partial charge on any atom is -0.486 e. The molecule has 27 heavy (non-hydrogen) atoms. The highest BCUT2D eigenvalue weighted by molar-refractivity contribution is 7.18. The number of nitrogens with zero attached hydrogens (tertiary/aromatic N) is 1. The van der Waals surface area contributed by atoms with Gasteiger partial charge in [-0.25, -0.2) is 4.98 Å². The van der Waals surface area contributed by atoms with E-state index in [0.717, 1.165) is 15.4 Å². The summed E-state index contributed by atoms with van der Waals surface area (Å²) in [5, 5.41) is 3.99. The number of hydrogen-bond acceptors (Lipinski definition) is 5. The molecule has 0 bridgehead atoms. The molecular formula is C20H22N3O3S+. The molecule has 140 valence electrons. The number of quaternary nitrogens is 1. The van der Waals surface area contributed by atoms with Crippen LogP contribution in [0.25, 0.3) is 10.2 Å². The average Bonchev–Trinajstić information content (AvgIpc) is 3.11. The minimum absolute atomic E-state index is 0.0443. The van der Waals surface area contributed by atoms with E-state index >= 15 is 0 Å². The maximum absolute atomic E-state index is 12.5. The fourth-order valence-electron chi connectivity index (χ4n) is 3.02. The first-order chi connectivity index (χ1) is 13.1. The van der Waals surface area contributed by atoms with Gasteiger partial charge in [-0.3, -0.25) is 4.79 Å². The first-order valence-electron chi connectivity index (χ1n) is 8.97. The molecule has 0 spiro atoms. The zero-order chi connectivity index (χ0) is 18.8. The number of likely N-dealkylation sites (N-methyl/N-ethyl adjacent to an activating group) is 1. The monoisotopic (exact) mass is 384 g/mol. The Balaban J connectivity index is 1.39. The third kappa shape index (κ3) is 3.89. The molecule has 0 saturated heterocycles. The van der Waals surface area contributed by atoms with Crippen LogP contribution in [0.2, 0.25) is 0 Å². The Hall–Kier alpha value is -2.64. The normalized spacial score (nSPS) is 15.3. The highest BCUT2D eigenvalue weighted by atomic mass is 32.1. The number of aromatic nitrogens is 1. The largest absolute Gasteiger partial charge is 0.486 e. The van der Waals surface area contributed by atoms with Crippen LogP contribution < -0.4 is 19.7 Å². The van der Waals surface area contributed by atoms with Crippen molar-refractivity contribution in [1.29, 1.82) is 0 Å². The summed E-state index contributed by atoms with van der Waals surface area (Å²) in [6, 6.07) is 13.7. The number of anilines is 1. The molecular weight excluding hydrogens is 362 g/mol. The van der Waals surface area contributed by atoms with Crippen molar-refractivity contribution in [3.05, 3.63) is 47.5 Å². The predicted molar refractivity (Wildman–Crippen MR) is 106 cm³/mol. The first-order valence-corrected chi connectivity index (χ1v) is 9.79. The lowest BCUT2D eigenvalue weighted by Gasteiger charge is -2.20. The Labute approximate surface area is 161 Å². The van der Waals surface area contributed by atoms with E-state index < -0.39 is 0 Å². The smallest absolute Gasteiger partial charge is 0.279 e. The van der Waals surface area contributed by atoms with Crippen molar-refractivity contribution < 1.29 is 19.2 Å². The van der Waals surface area contributed by atoms with Crippen molar-refractivity contribution in [1.82, 2.24) is 4.98 Å². The van der Waals surface area contributed by atoms with Crippen LogP contribution in [0.3, 0.4) is 0 Å². The Bertz CT molecular complexity index is 939. The van der Waals surface area contributed by atoms with Gasteiger partial charge in [-0.1, -0.05) is 12.1 Å². The molecule has 1 aliphatic rings. The van der Waals surface area contributed by atoms with Gasteiger partial charge < -0.3 is 19.7 Å². The molecule has 3 aromatic rings. The van der Waals surface area contributed by atoms with Gasteiger partial charge in [0, 0.05) is 11.8 Å². The van der Waals surface area contributed by atoms with E-state index in [1.807, 2.05) is 37.4 Å². The molecule has 1 aliphatic heterocycles. The summed E-state index contributed by atoms with van der Waals surface area (Å²) in [6.07, 6.45) is 0. The molecule has 2 atom stereocenters. The number of amides is 1. The van der Waals surface area contributed by atoms with Gasteiger partial charge in [-0.15, -0.1) is 11.3 Å². The SMILES string of the molecule is C[C@H](c1nc2ccccc2s1)[NH+](C)CC(=O)Nc1ccc2c(c1)OCCO2. The number of thiazole rings is 1. The van der Waals surface area contributed by atoms with Crippen LogP contribution in [0.15, 0.2) is 42.5 Å². The summed E-state index contributed by atoms with van der Waals surface area (Å²) in [4.78, 5) is 18.3. The molecule has 1 unspecified atom stereocenters. The number of benzene rings is 2. The van der Waals surface area contributed by atoms with Crippen molar-refractivity contribution >= 4 is 33.1 Å². The van der Waals surface area contributed by atoms with E-state index in [0.29, 0.717) is 36.9 Å². The lowest BCUT2D eigenvalue weighted by atomic mass is 10.2. The first kappa shape index (κ1) is 17.8.